The van der Waals surface area contributed by atoms with Crippen molar-refractivity contribution in [3.8, 4) is 0 Å². The van der Waals surface area contributed by atoms with E-state index in [0.717, 1.165) is 6.07 Å². The molecule has 1 radical (unpaired) electrons. The van der Waals surface area contributed by atoms with Crippen LogP contribution in [0.5, 0.6) is 0 Å². The van der Waals surface area contributed by atoms with Crippen molar-refractivity contribution < 1.29 is 9.18 Å². The van der Waals surface area contributed by atoms with Crippen molar-refractivity contribution >= 4 is 6.29 Å². The molecule has 2 nitrogen and oxygen atoms in total. The van der Waals surface area contributed by atoms with E-state index >= 15 is 0 Å². The first kappa shape index (κ1) is 5.88. The largest absolute Gasteiger partial charge is 0.283 e. The molecule has 0 fully saturated rings. The number of hydrogen-bond acceptors (Lipinski definition) is 2. The van der Waals surface area contributed by atoms with E-state index in [-0.39, 0.29) is 5.69 Å². The van der Waals surface area contributed by atoms with Crippen molar-refractivity contribution in [1.82, 2.24) is 4.98 Å². The van der Waals surface area contributed by atoms with Gasteiger partial charge in [-0.15, -0.1) is 0 Å². The van der Waals surface area contributed by atoms with Gasteiger partial charge in [-0.05, 0) is 6.07 Å². The maximum atomic E-state index is 12.1. The van der Waals surface area contributed by atoms with Gasteiger partial charge >= 0.3 is 0 Å². The number of rotatable bonds is 1. The molecule has 3 heteroatoms. The summed E-state index contributed by atoms with van der Waals surface area (Å²) in [5.74, 6) is -0.469. The highest BCUT2D eigenvalue weighted by atomic mass is 19.1. The van der Waals surface area contributed by atoms with E-state index in [9.17, 15) is 9.18 Å². The summed E-state index contributed by atoms with van der Waals surface area (Å²) in [5, 5.41) is 0. The van der Waals surface area contributed by atoms with Crippen LogP contribution in [0, 0.1) is 5.82 Å². The molecule has 0 saturated carbocycles. The van der Waals surface area contributed by atoms with Crippen LogP contribution in [-0.2, 0) is 4.79 Å². The van der Waals surface area contributed by atoms with Crippen LogP contribution in [0.4, 0.5) is 4.39 Å². The van der Waals surface area contributed by atoms with Crippen molar-refractivity contribution in [1.29, 1.82) is 0 Å². The van der Waals surface area contributed by atoms with Gasteiger partial charge in [0.05, 0.1) is 0 Å². The molecule has 0 N–H and O–H groups in total. The molecule has 9 heavy (non-hydrogen) atoms. The quantitative estimate of drug-likeness (QED) is 0.551. The first-order chi connectivity index (χ1) is 4.33. The van der Waals surface area contributed by atoms with Crippen LogP contribution in [0.25, 0.3) is 0 Å². The summed E-state index contributed by atoms with van der Waals surface area (Å²) in [6.07, 6.45) is 2.68. The maximum absolute atomic E-state index is 12.1. The maximum Gasteiger partial charge on any atom is 0.253 e. The summed E-state index contributed by atoms with van der Waals surface area (Å²) in [7, 11) is 0. The Balaban J connectivity index is 3.07. The van der Waals surface area contributed by atoms with Gasteiger partial charge in [-0.25, -0.2) is 4.39 Å². The minimum atomic E-state index is -0.469. The number of halogens is 1. The van der Waals surface area contributed by atoms with Gasteiger partial charge in [0.25, 0.3) is 6.29 Å². The molecule has 0 spiro atoms. The van der Waals surface area contributed by atoms with Gasteiger partial charge in [0.15, 0.2) is 0 Å². The zero-order chi connectivity index (χ0) is 6.69. The van der Waals surface area contributed by atoms with E-state index in [4.69, 9.17) is 0 Å². The standard InChI is InChI=1S/C6H3FNO/c7-5-1-2-8-6(3-5)4-9/h1-3H. The molecule has 1 heterocycles. The summed E-state index contributed by atoms with van der Waals surface area (Å²) in [4.78, 5) is 13.3. The molecular weight excluding hydrogens is 121 g/mol. The van der Waals surface area contributed by atoms with Gasteiger partial charge in [0.1, 0.15) is 11.5 Å². The molecule has 1 aromatic heterocycles. The van der Waals surface area contributed by atoms with Crippen LogP contribution < -0.4 is 0 Å². The Kier molecular flexibility index (Phi) is 1.53. The average Bonchev–Trinajstić information content (AvgIpc) is 1.88. The molecule has 1 aromatic rings. The van der Waals surface area contributed by atoms with Crippen LogP contribution in [0.1, 0.15) is 5.69 Å². The molecule has 0 aliphatic carbocycles. The van der Waals surface area contributed by atoms with Gasteiger partial charge < -0.3 is 0 Å². The Hall–Kier alpha value is -1.25. The Labute approximate surface area is 51.3 Å². The summed E-state index contributed by atoms with van der Waals surface area (Å²) >= 11 is 0. The Morgan fingerprint density at radius 3 is 2.89 bits per heavy atom. The Morgan fingerprint density at radius 1 is 1.67 bits per heavy atom. The van der Waals surface area contributed by atoms with E-state index in [1.165, 1.54) is 18.5 Å². The lowest BCUT2D eigenvalue weighted by molar-refractivity contribution is 0.560. The SMILES string of the molecule is O=[C]c1cc(F)ccn1. The molecule has 0 aliphatic heterocycles. The Bertz CT molecular complexity index is 224. The fourth-order valence-electron chi connectivity index (χ4n) is 0.461. The van der Waals surface area contributed by atoms with E-state index in [1.807, 2.05) is 0 Å². The Morgan fingerprint density at radius 2 is 2.44 bits per heavy atom. The second-order valence-electron chi connectivity index (χ2n) is 1.46. The van der Waals surface area contributed by atoms with Crippen molar-refractivity contribution in [3.05, 3.63) is 29.8 Å². The fraction of sp³-hybridized carbons (Fsp3) is 0. The highest BCUT2D eigenvalue weighted by Crippen LogP contribution is 1.94. The van der Waals surface area contributed by atoms with Crippen LogP contribution in [0.15, 0.2) is 18.3 Å². The van der Waals surface area contributed by atoms with E-state index in [1.54, 1.807) is 0 Å². The zero-order valence-corrected chi connectivity index (χ0v) is 4.47. The molecule has 0 atom stereocenters. The number of pyridine rings is 1. The molecule has 45 valence electrons. The van der Waals surface area contributed by atoms with Gasteiger partial charge in [0.2, 0.25) is 0 Å². The van der Waals surface area contributed by atoms with Crippen LogP contribution in [0.2, 0.25) is 0 Å². The molecule has 1 rings (SSSR count). The molecule has 0 amide bonds. The third-order valence-electron chi connectivity index (χ3n) is 0.827. The van der Waals surface area contributed by atoms with Crippen LogP contribution in [-0.4, -0.2) is 11.3 Å². The van der Waals surface area contributed by atoms with Crippen molar-refractivity contribution in [2.75, 3.05) is 0 Å². The minimum Gasteiger partial charge on any atom is -0.283 e. The molecule has 0 aliphatic rings. The second-order valence-corrected chi connectivity index (χ2v) is 1.46. The number of hydrogen-bond donors (Lipinski definition) is 0. The third-order valence-corrected chi connectivity index (χ3v) is 0.827. The second kappa shape index (κ2) is 2.35. The minimum absolute atomic E-state index is 0.00463. The van der Waals surface area contributed by atoms with E-state index < -0.39 is 5.82 Å². The molecule has 0 aromatic carbocycles. The van der Waals surface area contributed by atoms with E-state index in [2.05, 4.69) is 4.98 Å². The van der Waals surface area contributed by atoms with Gasteiger partial charge in [0, 0.05) is 12.3 Å². The predicted molar refractivity (Wildman–Crippen MR) is 29.0 cm³/mol. The van der Waals surface area contributed by atoms with E-state index in [0.29, 0.717) is 0 Å². The molecule has 0 unspecified atom stereocenters. The lowest BCUT2D eigenvalue weighted by atomic mass is 10.4. The lowest BCUT2D eigenvalue weighted by Crippen LogP contribution is -1.85. The van der Waals surface area contributed by atoms with Gasteiger partial charge in [-0.2, -0.15) is 0 Å². The van der Waals surface area contributed by atoms with Crippen molar-refractivity contribution in [3.63, 3.8) is 0 Å². The number of aromatic nitrogens is 1. The van der Waals surface area contributed by atoms with Gasteiger partial charge in [-0.3, -0.25) is 9.78 Å². The predicted octanol–water partition coefficient (Wildman–Crippen LogP) is 0.679. The third kappa shape index (κ3) is 1.32. The summed E-state index contributed by atoms with van der Waals surface area (Å²) in [5.41, 5.74) is -0.00463. The summed E-state index contributed by atoms with van der Waals surface area (Å²) in [6.45, 7) is 0. The highest BCUT2D eigenvalue weighted by Gasteiger charge is 1.92. The zero-order valence-electron chi connectivity index (χ0n) is 4.47. The first-order valence-electron chi connectivity index (χ1n) is 2.32. The van der Waals surface area contributed by atoms with Crippen molar-refractivity contribution in [2.45, 2.75) is 0 Å². The van der Waals surface area contributed by atoms with Crippen molar-refractivity contribution in [2.24, 2.45) is 0 Å². The molecule has 0 saturated heterocycles. The lowest BCUT2D eigenvalue weighted by Gasteiger charge is -1.85. The summed E-state index contributed by atoms with van der Waals surface area (Å²) in [6, 6.07) is 2.19. The smallest absolute Gasteiger partial charge is 0.253 e. The topological polar surface area (TPSA) is 30.0 Å². The normalized spacial score (nSPS) is 9.00. The average molecular weight is 124 g/mol. The first-order valence-corrected chi connectivity index (χ1v) is 2.32. The molecule has 0 bridgehead atoms. The number of nitrogens with zero attached hydrogens (tertiary/aromatic N) is 1. The monoisotopic (exact) mass is 124 g/mol. The highest BCUT2D eigenvalue weighted by molar-refractivity contribution is 5.71. The van der Waals surface area contributed by atoms with Gasteiger partial charge in [-0.1, -0.05) is 0 Å². The molecular formula is C6H3FNO. The van der Waals surface area contributed by atoms with Crippen LogP contribution in [0.3, 0.4) is 0 Å². The van der Waals surface area contributed by atoms with Crippen LogP contribution >= 0.6 is 0 Å². The summed E-state index contributed by atoms with van der Waals surface area (Å²) < 4.78 is 12.1. The fourth-order valence-corrected chi connectivity index (χ4v) is 0.461. The number of carbonyl (C=O) groups excluding carboxylic acids is 1.